The van der Waals surface area contributed by atoms with Gasteiger partial charge in [0.2, 0.25) is 10.0 Å². The molecule has 1 aliphatic carbocycles. The van der Waals surface area contributed by atoms with Crippen molar-refractivity contribution >= 4 is 27.6 Å². The molecule has 0 atom stereocenters. The largest absolute Gasteiger partial charge is 0.455 e. The van der Waals surface area contributed by atoms with Crippen molar-refractivity contribution in [3.63, 3.8) is 0 Å². The van der Waals surface area contributed by atoms with Gasteiger partial charge in [-0.3, -0.25) is 9.59 Å². The first-order chi connectivity index (χ1) is 13.9. The zero-order valence-corrected chi connectivity index (χ0v) is 17.0. The van der Waals surface area contributed by atoms with Crippen molar-refractivity contribution in [3.05, 3.63) is 60.2 Å². The van der Waals surface area contributed by atoms with Gasteiger partial charge in [0.1, 0.15) is 0 Å². The molecule has 154 valence electrons. The molecule has 0 saturated heterocycles. The van der Waals surface area contributed by atoms with Crippen LogP contribution in [0, 0.1) is 5.92 Å². The third kappa shape index (κ3) is 5.42. The van der Waals surface area contributed by atoms with E-state index >= 15 is 0 Å². The number of esters is 1. The zero-order chi connectivity index (χ0) is 20.9. The van der Waals surface area contributed by atoms with Crippen molar-refractivity contribution < 1.29 is 22.7 Å². The molecular formula is C21H24N2O5S. The average Bonchev–Trinajstić information content (AvgIpc) is 2.66. The third-order valence-corrected chi connectivity index (χ3v) is 6.70. The second-order valence-electron chi connectivity index (χ2n) is 7.05. The van der Waals surface area contributed by atoms with E-state index in [0.29, 0.717) is 5.69 Å². The molecule has 7 nitrogen and oxygen atoms in total. The average molecular weight is 416 g/mol. The van der Waals surface area contributed by atoms with Crippen LogP contribution in [-0.4, -0.2) is 38.3 Å². The number of sulfonamides is 1. The summed E-state index contributed by atoms with van der Waals surface area (Å²) < 4.78 is 31.7. The predicted octanol–water partition coefficient (Wildman–Crippen LogP) is 2.79. The highest BCUT2D eigenvalue weighted by atomic mass is 32.2. The van der Waals surface area contributed by atoms with Crippen LogP contribution in [-0.2, 0) is 30.9 Å². The van der Waals surface area contributed by atoms with E-state index in [2.05, 4.69) is 5.32 Å². The Kier molecular flexibility index (Phi) is 6.66. The van der Waals surface area contributed by atoms with Gasteiger partial charge in [-0.05, 0) is 42.7 Å². The van der Waals surface area contributed by atoms with E-state index in [1.165, 1.54) is 35.6 Å². The van der Waals surface area contributed by atoms with E-state index in [0.717, 1.165) is 24.8 Å². The van der Waals surface area contributed by atoms with E-state index in [1.807, 2.05) is 30.3 Å². The third-order valence-electron chi connectivity index (χ3n) is 4.88. The molecule has 3 rings (SSSR count). The maximum absolute atomic E-state index is 12.7. The van der Waals surface area contributed by atoms with E-state index in [4.69, 9.17) is 4.74 Å². The lowest BCUT2D eigenvalue weighted by atomic mass is 9.86. The van der Waals surface area contributed by atoms with Crippen molar-refractivity contribution in [2.24, 2.45) is 5.92 Å². The van der Waals surface area contributed by atoms with Gasteiger partial charge in [-0.15, -0.1) is 0 Å². The first kappa shape index (κ1) is 21.0. The summed E-state index contributed by atoms with van der Waals surface area (Å²) in [6, 6.07) is 15.2. The lowest BCUT2D eigenvalue weighted by molar-refractivity contribution is -0.154. The van der Waals surface area contributed by atoms with Gasteiger partial charge < -0.3 is 10.1 Å². The molecule has 0 unspecified atom stereocenters. The molecule has 0 radical (unpaired) electrons. The minimum absolute atomic E-state index is 0.0832. The standard InChI is InChI=1S/C21H24N2O5S/c1-23(14-16-6-3-2-4-7-16)29(26,27)19-12-10-18(11-13-19)22-20(24)15-28-21(25)17-8-5-9-17/h2-4,6-7,10-13,17H,5,8-9,14-15H2,1H3,(H,22,24). The quantitative estimate of drug-likeness (QED) is 0.668. The van der Waals surface area contributed by atoms with Crippen LogP contribution < -0.4 is 5.32 Å². The highest BCUT2D eigenvalue weighted by Crippen LogP contribution is 2.27. The smallest absolute Gasteiger partial charge is 0.309 e. The van der Waals surface area contributed by atoms with Gasteiger partial charge >= 0.3 is 5.97 Å². The first-order valence-corrected chi connectivity index (χ1v) is 10.9. The van der Waals surface area contributed by atoms with E-state index in [1.54, 1.807) is 0 Å². The summed E-state index contributed by atoms with van der Waals surface area (Å²) in [5.74, 6) is -0.885. The van der Waals surface area contributed by atoms with E-state index in [-0.39, 0.29) is 29.9 Å². The molecule has 2 aromatic rings. The molecule has 0 bridgehead atoms. The number of hydrogen-bond acceptors (Lipinski definition) is 5. The number of amides is 1. The minimum atomic E-state index is -3.66. The van der Waals surface area contributed by atoms with Gasteiger partial charge in [-0.2, -0.15) is 4.31 Å². The van der Waals surface area contributed by atoms with Crippen molar-refractivity contribution in [1.29, 1.82) is 0 Å². The first-order valence-electron chi connectivity index (χ1n) is 9.43. The fourth-order valence-corrected chi connectivity index (χ4v) is 4.07. The summed E-state index contributed by atoms with van der Waals surface area (Å²) in [6.07, 6.45) is 2.64. The Hall–Kier alpha value is -2.71. The van der Waals surface area contributed by atoms with Gasteiger partial charge in [0.15, 0.2) is 6.61 Å². The van der Waals surface area contributed by atoms with Crippen LogP contribution in [0.25, 0.3) is 0 Å². The fraction of sp³-hybridized carbons (Fsp3) is 0.333. The van der Waals surface area contributed by atoms with Gasteiger partial charge in [0.05, 0.1) is 10.8 Å². The molecular weight excluding hydrogens is 392 g/mol. The molecule has 1 fully saturated rings. The number of ether oxygens (including phenoxy) is 1. The van der Waals surface area contributed by atoms with Crippen molar-refractivity contribution in [1.82, 2.24) is 4.31 Å². The lowest BCUT2D eigenvalue weighted by Crippen LogP contribution is -2.28. The molecule has 0 heterocycles. The Bertz CT molecular complexity index is 954. The van der Waals surface area contributed by atoms with Crippen LogP contribution in [0.1, 0.15) is 24.8 Å². The van der Waals surface area contributed by atoms with Crippen LogP contribution in [0.3, 0.4) is 0 Å². The Morgan fingerprint density at radius 1 is 1.07 bits per heavy atom. The number of benzene rings is 2. The van der Waals surface area contributed by atoms with Crippen LogP contribution >= 0.6 is 0 Å². The summed E-state index contributed by atoms with van der Waals surface area (Å²) in [7, 11) is -2.14. The summed E-state index contributed by atoms with van der Waals surface area (Å²) in [5.41, 5.74) is 1.32. The summed E-state index contributed by atoms with van der Waals surface area (Å²) in [4.78, 5) is 23.7. The highest BCUT2D eigenvalue weighted by molar-refractivity contribution is 7.89. The van der Waals surface area contributed by atoms with Gasteiger partial charge in [0, 0.05) is 19.3 Å². The number of nitrogens with one attached hydrogen (secondary N) is 1. The highest BCUT2D eigenvalue weighted by Gasteiger charge is 2.27. The van der Waals surface area contributed by atoms with E-state index in [9.17, 15) is 18.0 Å². The van der Waals surface area contributed by atoms with E-state index < -0.39 is 15.9 Å². The number of nitrogens with zero attached hydrogens (tertiary/aromatic N) is 1. The maximum Gasteiger partial charge on any atom is 0.309 e. The molecule has 1 saturated carbocycles. The maximum atomic E-state index is 12.7. The van der Waals surface area contributed by atoms with Crippen molar-refractivity contribution in [2.45, 2.75) is 30.7 Å². The summed E-state index contributed by atoms with van der Waals surface area (Å²) in [6.45, 7) is -0.0940. The van der Waals surface area contributed by atoms with Crippen molar-refractivity contribution in [2.75, 3.05) is 19.0 Å². The molecule has 8 heteroatoms. The number of carbonyl (C=O) groups is 2. The molecule has 0 aliphatic heterocycles. The Labute approximate surface area is 170 Å². The zero-order valence-electron chi connectivity index (χ0n) is 16.2. The van der Waals surface area contributed by atoms with Crippen molar-refractivity contribution in [3.8, 4) is 0 Å². The number of carbonyl (C=O) groups excluding carboxylic acids is 2. The lowest BCUT2D eigenvalue weighted by Gasteiger charge is -2.22. The van der Waals surface area contributed by atoms with Crippen LogP contribution in [0.4, 0.5) is 5.69 Å². The Balaban J connectivity index is 1.55. The predicted molar refractivity (Wildman–Crippen MR) is 108 cm³/mol. The number of rotatable bonds is 8. The molecule has 2 aromatic carbocycles. The topological polar surface area (TPSA) is 92.8 Å². The Morgan fingerprint density at radius 3 is 2.31 bits per heavy atom. The molecule has 1 amide bonds. The number of hydrogen-bond donors (Lipinski definition) is 1. The molecule has 29 heavy (non-hydrogen) atoms. The van der Waals surface area contributed by atoms with Gasteiger partial charge in [-0.1, -0.05) is 36.8 Å². The SMILES string of the molecule is CN(Cc1ccccc1)S(=O)(=O)c1ccc(NC(=O)COC(=O)C2CCC2)cc1. The molecule has 0 spiro atoms. The fourth-order valence-electron chi connectivity index (χ4n) is 2.91. The minimum Gasteiger partial charge on any atom is -0.455 e. The van der Waals surface area contributed by atoms with Gasteiger partial charge in [0.25, 0.3) is 5.91 Å². The second kappa shape index (κ2) is 9.19. The second-order valence-corrected chi connectivity index (χ2v) is 9.10. The van der Waals surface area contributed by atoms with Crippen LogP contribution in [0.15, 0.2) is 59.5 Å². The normalized spacial score (nSPS) is 14.3. The molecule has 1 N–H and O–H groups in total. The Morgan fingerprint density at radius 2 is 1.72 bits per heavy atom. The van der Waals surface area contributed by atoms with Gasteiger partial charge in [-0.25, -0.2) is 8.42 Å². The summed E-state index contributed by atoms with van der Waals surface area (Å²) in [5, 5.41) is 2.60. The number of anilines is 1. The van der Waals surface area contributed by atoms with Crippen LogP contribution in [0.5, 0.6) is 0 Å². The molecule has 1 aliphatic rings. The summed E-state index contributed by atoms with van der Waals surface area (Å²) >= 11 is 0. The molecule has 0 aromatic heterocycles. The monoisotopic (exact) mass is 416 g/mol. The van der Waals surface area contributed by atoms with Crippen LogP contribution in [0.2, 0.25) is 0 Å².